The number of hydrogen-bond donors (Lipinski definition) is 1. The highest BCUT2D eigenvalue weighted by Crippen LogP contribution is 2.33. The maximum atomic E-state index is 14.0. The van der Waals surface area contributed by atoms with Gasteiger partial charge in [0.15, 0.2) is 17.4 Å². The number of hydrogen-bond acceptors (Lipinski definition) is 6. The number of benzene rings is 1. The van der Waals surface area contributed by atoms with Crippen LogP contribution < -0.4 is 0 Å². The van der Waals surface area contributed by atoms with Gasteiger partial charge < -0.3 is 19.3 Å². The van der Waals surface area contributed by atoms with Crippen molar-refractivity contribution in [2.45, 2.75) is 31.4 Å². The predicted octanol–water partition coefficient (Wildman–Crippen LogP) is 2.25. The third-order valence-corrected chi connectivity index (χ3v) is 4.72. The fourth-order valence-electron chi connectivity index (χ4n) is 3.47. The quantitative estimate of drug-likeness (QED) is 0.817. The number of fused-ring (bicyclic) bond motifs is 1. The summed E-state index contributed by atoms with van der Waals surface area (Å²) in [5.74, 6) is -7.50. The maximum absolute atomic E-state index is 14.0. The molecular weight excluding hydrogens is 355 g/mol. The molecule has 138 valence electrons. The van der Waals surface area contributed by atoms with E-state index >= 15 is 0 Å². The van der Waals surface area contributed by atoms with Gasteiger partial charge >= 0.3 is 0 Å². The second-order valence-electron chi connectivity index (χ2n) is 6.21. The Morgan fingerprint density at radius 3 is 2.88 bits per heavy atom. The lowest BCUT2D eigenvalue weighted by Crippen LogP contribution is -2.51. The number of ether oxygens (including phenoxy) is 1. The molecule has 7 nitrogen and oxygen atoms in total. The summed E-state index contributed by atoms with van der Waals surface area (Å²) in [7, 11) is 0. The van der Waals surface area contributed by atoms with Crippen LogP contribution in [0, 0.1) is 17.5 Å². The van der Waals surface area contributed by atoms with Gasteiger partial charge in [-0.05, 0) is 25.3 Å². The summed E-state index contributed by atoms with van der Waals surface area (Å²) in [6.45, 7) is 0.757. The van der Waals surface area contributed by atoms with Crippen LogP contribution in [-0.2, 0) is 4.74 Å². The van der Waals surface area contributed by atoms with Gasteiger partial charge in [-0.2, -0.15) is 9.37 Å². The number of aromatic nitrogens is 2. The Hall–Kier alpha value is -2.62. The van der Waals surface area contributed by atoms with Crippen LogP contribution in [0.4, 0.5) is 13.2 Å². The molecule has 1 aromatic carbocycles. The summed E-state index contributed by atoms with van der Waals surface area (Å²) >= 11 is 0. The Morgan fingerprint density at radius 2 is 2.08 bits per heavy atom. The highest BCUT2D eigenvalue weighted by atomic mass is 19.2. The zero-order valence-electron chi connectivity index (χ0n) is 13.4. The van der Waals surface area contributed by atoms with Crippen LogP contribution in [0.3, 0.4) is 0 Å². The molecule has 2 atom stereocenters. The van der Waals surface area contributed by atoms with Crippen LogP contribution in [0.15, 0.2) is 10.6 Å². The molecule has 10 heteroatoms. The van der Waals surface area contributed by atoms with Crippen LogP contribution in [0.1, 0.15) is 29.9 Å². The van der Waals surface area contributed by atoms with Crippen molar-refractivity contribution >= 4 is 5.91 Å². The Labute approximate surface area is 145 Å². The van der Waals surface area contributed by atoms with Crippen LogP contribution in [0.2, 0.25) is 0 Å². The normalized spacial score (nSPS) is 22.5. The van der Waals surface area contributed by atoms with Crippen molar-refractivity contribution in [2.24, 2.45) is 0 Å². The van der Waals surface area contributed by atoms with Crippen molar-refractivity contribution in [3.05, 3.63) is 29.3 Å². The molecule has 1 aliphatic heterocycles. The first kappa shape index (κ1) is 16.8. The van der Waals surface area contributed by atoms with Crippen LogP contribution in [0.25, 0.3) is 11.5 Å². The van der Waals surface area contributed by atoms with E-state index in [1.807, 2.05) is 0 Å². The van der Waals surface area contributed by atoms with Gasteiger partial charge in [0.05, 0.1) is 24.3 Å². The molecule has 1 amide bonds. The number of carbonyl (C=O) groups excluding carboxylic acids is 1. The molecular formula is C16H14F3N3O4. The smallest absolute Gasteiger partial charge is 0.295 e. The lowest BCUT2D eigenvalue weighted by Gasteiger charge is -2.36. The van der Waals surface area contributed by atoms with E-state index in [1.165, 1.54) is 0 Å². The number of nitrogens with zero attached hydrogens (tertiary/aromatic N) is 3. The summed E-state index contributed by atoms with van der Waals surface area (Å²) in [6, 6.07) is 0.399. The molecule has 2 aliphatic rings. The summed E-state index contributed by atoms with van der Waals surface area (Å²) in [4.78, 5) is 18.1. The first-order chi connectivity index (χ1) is 12.5. The van der Waals surface area contributed by atoms with Gasteiger partial charge in [-0.25, -0.2) is 8.78 Å². The van der Waals surface area contributed by atoms with Gasteiger partial charge in [-0.3, -0.25) is 4.79 Å². The summed E-state index contributed by atoms with van der Waals surface area (Å²) in [5, 5.41) is 12.8. The predicted molar refractivity (Wildman–Crippen MR) is 79.7 cm³/mol. The molecule has 2 heterocycles. The summed E-state index contributed by atoms with van der Waals surface area (Å²) < 4.78 is 51.0. The molecule has 0 radical (unpaired) electrons. The highest BCUT2D eigenvalue weighted by Gasteiger charge is 2.40. The van der Waals surface area contributed by atoms with E-state index in [0.717, 1.165) is 19.3 Å². The molecule has 2 fully saturated rings. The SMILES string of the molecule is O=C(c1noc(-c2cc(F)c(F)c(O)c2F)n1)N1CCO[C@@H]2CCC[C@H]21. The molecule has 1 aliphatic carbocycles. The van der Waals surface area contributed by atoms with Crippen molar-refractivity contribution in [1.29, 1.82) is 0 Å². The Balaban J connectivity index is 1.63. The Kier molecular flexibility index (Phi) is 4.06. The van der Waals surface area contributed by atoms with Gasteiger partial charge in [0, 0.05) is 6.54 Å². The molecule has 0 bridgehead atoms. The number of phenolic OH excluding ortho intramolecular Hbond substituents is 1. The minimum atomic E-state index is -1.72. The number of halogens is 3. The zero-order valence-corrected chi connectivity index (χ0v) is 13.4. The summed E-state index contributed by atoms with van der Waals surface area (Å²) in [6.07, 6.45) is 2.58. The average Bonchev–Trinajstić information content (AvgIpc) is 3.31. The maximum Gasteiger partial charge on any atom is 0.295 e. The standard InChI is InChI=1S/C16H14F3N3O4/c17-8-6-7(11(18)13(23)12(8)19)15-20-14(21-26-15)16(24)22-4-5-25-10-3-1-2-9(10)22/h6,9-10,23H,1-5H2/t9-,10-/m1/s1. The lowest BCUT2D eigenvalue weighted by molar-refractivity contribution is -0.0450. The first-order valence-corrected chi connectivity index (χ1v) is 8.10. The van der Waals surface area contributed by atoms with Gasteiger partial charge in [0.2, 0.25) is 5.82 Å². The van der Waals surface area contributed by atoms with Gasteiger partial charge in [-0.1, -0.05) is 5.16 Å². The topological polar surface area (TPSA) is 88.7 Å². The Morgan fingerprint density at radius 1 is 1.27 bits per heavy atom. The van der Waals surface area contributed by atoms with E-state index in [4.69, 9.17) is 9.26 Å². The second-order valence-corrected chi connectivity index (χ2v) is 6.21. The molecule has 1 saturated carbocycles. The first-order valence-electron chi connectivity index (χ1n) is 8.10. The minimum Gasteiger partial charge on any atom is -0.503 e. The molecule has 0 unspecified atom stereocenters. The van der Waals surface area contributed by atoms with Crippen molar-refractivity contribution < 1.29 is 32.3 Å². The minimum absolute atomic E-state index is 0.0281. The van der Waals surface area contributed by atoms with Crippen molar-refractivity contribution in [2.75, 3.05) is 13.2 Å². The molecule has 2 aromatic rings. The van der Waals surface area contributed by atoms with E-state index in [1.54, 1.807) is 4.90 Å². The van der Waals surface area contributed by atoms with E-state index in [-0.39, 0.29) is 18.0 Å². The van der Waals surface area contributed by atoms with E-state index in [0.29, 0.717) is 19.2 Å². The third-order valence-electron chi connectivity index (χ3n) is 4.72. The molecule has 4 rings (SSSR count). The highest BCUT2D eigenvalue weighted by molar-refractivity contribution is 5.91. The van der Waals surface area contributed by atoms with Crippen molar-refractivity contribution in [3.8, 4) is 17.2 Å². The fourth-order valence-corrected chi connectivity index (χ4v) is 3.47. The number of amides is 1. The van der Waals surface area contributed by atoms with Crippen molar-refractivity contribution in [3.63, 3.8) is 0 Å². The number of rotatable bonds is 2. The average molecular weight is 369 g/mol. The fraction of sp³-hybridized carbons (Fsp3) is 0.438. The number of phenols is 1. The molecule has 26 heavy (non-hydrogen) atoms. The van der Waals surface area contributed by atoms with E-state index < -0.39 is 40.6 Å². The van der Waals surface area contributed by atoms with Crippen LogP contribution in [-0.4, -0.2) is 51.4 Å². The van der Waals surface area contributed by atoms with Gasteiger partial charge in [0.1, 0.15) is 0 Å². The lowest BCUT2D eigenvalue weighted by atomic mass is 10.1. The number of morpholine rings is 1. The molecule has 0 spiro atoms. The Bertz CT molecular complexity index is 873. The van der Waals surface area contributed by atoms with Gasteiger partial charge in [0.25, 0.3) is 17.6 Å². The van der Waals surface area contributed by atoms with E-state index in [9.17, 15) is 23.1 Å². The second kappa shape index (κ2) is 6.27. The molecule has 1 saturated heterocycles. The number of aromatic hydroxyl groups is 1. The zero-order chi connectivity index (χ0) is 18.4. The van der Waals surface area contributed by atoms with Crippen LogP contribution in [0.5, 0.6) is 5.75 Å². The summed E-state index contributed by atoms with van der Waals surface area (Å²) in [5.41, 5.74) is -0.631. The monoisotopic (exact) mass is 369 g/mol. The van der Waals surface area contributed by atoms with Gasteiger partial charge in [-0.15, -0.1) is 0 Å². The number of carbonyl (C=O) groups is 1. The third kappa shape index (κ3) is 2.61. The molecule has 1 aromatic heterocycles. The molecule has 1 N–H and O–H groups in total. The van der Waals surface area contributed by atoms with E-state index in [2.05, 4.69) is 10.1 Å². The van der Waals surface area contributed by atoms with Crippen LogP contribution >= 0.6 is 0 Å². The largest absolute Gasteiger partial charge is 0.503 e. The van der Waals surface area contributed by atoms with Crippen molar-refractivity contribution in [1.82, 2.24) is 15.0 Å².